The van der Waals surface area contributed by atoms with Crippen molar-refractivity contribution in [2.75, 3.05) is 24.7 Å². The normalized spacial score (nSPS) is 10.2. The van der Waals surface area contributed by atoms with Gasteiger partial charge in [0.1, 0.15) is 15.9 Å². The molecule has 2 rings (SSSR count). The molecule has 15 heavy (non-hydrogen) atoms. The first-order chi connectivity index (χ1) is 7.15. The Morgan fingerprint density at radius 1 is 1.53 bits per heavy atom. The number of nitriles is 1. The highest BCUT2D eigenvalue weighted by Crippen LogP contribution is 2.36. The second-order valence-electron chi connectivity index (χ2n) is 3.36. The minimum absolute atomic E-state index is 0.534. The largest absolute Gasteiger partial charge is 0.389 e. The first-order valence-electron chi connectivity index (χ1n) is 4.39. The average Bonchev–Trinajstić information content (AvgIpc) is 2.52. The second-order valence-corrected chi connectivity index (χ2v) is 4.39. The molecule has 2 aromatic rings. The van der Waals surface area contributed by atoms with Crippen LogP contribution in [0.4, 0.5) is 10.7 Å². The summed E-state index contributed by atoms with van der Waals surface area (Å²) in [5.74, 6) is 0. The molecule has 0 unspecified atom stereocenters. The molecular weight excluding hydrogens is 208 g/mol. The topological polar surface area (TPSA) is 65.9 Å². The molecule has 5 heteroatoms. The van der Waals surface area contributed by atoms with Gasteiger partial charge in [0.25, 0.3) is 0 Å². The Morgan fingerprint density at radius 2 is 2.27 bits per heavy atom. The van der Waals surface area contributed by atoms with Crippen molar-refractivity contribution in [1.29, 1.82) is 5.26 Å². The number of nitrogen functional groups attached to an aromatic ring is 1. The number of fused-ring (bicyclic) bond motifs is 1. The SMILES string of the molecule is CN(C)c1ccnc2sc(N)c(C#N)c12. The van der Waals surface area contributed by atoms with Gasteiger partial charge in [0.05, 0.1) is 10.9 Å². The highest BCUT2D eigenvalue weighted by Gasteiger charge is 2.14. The summed E-state index contributed by atoms with van der Waals surface area (Å²) in [6.45, 7) is 0. The molecule has 2 aromatic heterocycles. The van der Waals surface area contributed by atoms with E-state index in [1.54, 1.807) is 6.20 Å². The van der Waals surface area contributed by atoms with E-state index < -0.39 is 0 Å². The van der Waals surface area contributed by atoms with E-state index >= 15 is 0 Å². The Kier molecular flexibility index (Phi) is 2.21. The van der Waals surface area contributed by atoms with Crippen LogP contribution in [0.2, 0.25) is 0 Å². The van der Waals surface area contributed by atoms with Crippen LogP contribution in [-0.2, 0) is 0 Å². The molecule has 4 nitrogen and oxygen atoms in total. The summed E-state index contributed by atoms with van der Waals surface area (Å²) >= 11 is 1.35. The Balaban J connectivity index is 2.89. The summed E-state index contributed by atoms with van der Waals surface area (Å²) in [5.41, 5.74) is 7.28. The molecule has 0 atom stereocenters. The summed E-state index contributed by atoms with van der Waals surface area (Å²) in [6, 6.07) is 4.02. The third-order valence-electron chi connectivity index (χ3n) is 2.19. The van der Waals surface area contributed by atoms with E-state index in [4.69, 9.17) is 11.0 Å². The molecule has 76 valence electrons. The molecule has 0 saturated carbocycles. The maximum absolute atomic E-state index is 9.04. The van der Waals surface area contributed by atoms with Crippen LogP contribution in [0.5, 0.6) is 0 Å². The van der Waals surface area contributed by atoms with Gasteiger partial charge >= 0.3 is 0 Å². The van der Waals surface area contributed by atoms with Crippen molar-refractivity contribution in [1.82, 2.24) is 4.98 Å². The molecule has 0 aromatic carbocycles. The standard InChI is InChI=1S/C10H10N4S/c1-14(2)7-3-4-13-10-8(7)6(5-11)9(12)15-10/h3-4H,12H2,1-2H3. The third-order valence-corrected chi connectivity index (χ3v) is 3.12. The number of nitrogens with two attached hydrogens (primary N) is 1. The fraction of sp³-hybridized carbons (Fsp3) is 0.200. The minimum atomic E-state index is 0.534. The van der Waals surface area contributed by atoms with Crippen LogP contribution in [0.15, 0.2) is 12.3 Å². The van der Waals surface area contributed by atoms with Crippen molar-refractivity contribution in [3.63, 3.8) is 0 Å². The second kappa shape index (κ2) is 3.41. The van der Waals surface area contributed by atoms with Gasteiger partial charge in [-0.2, -0.15) is 5.26 Å². The van der Waals surface area contributed by atoms with E-state index in [0.29, 0.717) is 10.6 Å². The van der Waals surface area contributed by atoms with Gasteiger partial charge in [-0.1, -0.05) is 11.3 Å². The van der Waals surface area contributed by atoms with Crippen LogP contribution in [0.3, 0.4) is 0 Å². The molecule has 0 bridgehead atoms. The monoisotopic (exact) mass is 218 g/mol. The number of pyridine rings is 1. The zero-order valence-electron chi connectivity index (χ0n) is 8.48. The van der Waals surface area contributed by atoms with E-state index in [-0.39, 0.29) is 0 Å². The van der Waals surface area contributed by atoms with Crippen molar-refractivity contribution in [2.24, 2.45) is 0 Å². The van der Waals surface area contributed by atoms with E-state index in [1.165, 1.54) is 11.3 Å². The fourth-order valence-electron chi connectivity index (χ4n) is 1.51. The summed E-state index contributed by atoms with van der Waals surface area (Å²) in [6.07, 6.45) is 1.73. The number of nitrogens with zero attached hydrogens (tertiary/aromatic N) is 3. The van der Waals surface area contributed by atoms with Gasteiger partial charge in [0.15, 0.2) is 0 Å². The summed E-state index contributed by atoms with van der Waals surface area (Å²) < 4.78 is 0. The molecule has 0 aliphatic carbocycles. The highest BCUT2D eigenvalue weighted by molar-refractivity contribution is 7.22. The number of aromatic nitrogens is 1. The number of rotatable bonds is 1. The summed E-state index contributed by atoms with van der Waals surface area (Å²) in [7, 11) is 3.87. The molecule has 0 radical (unpaired) electrons. The summed E-state index contributed by atoms with van der Waals surface area (Å²) in [4.78, 5) is 6.98. The molecule has 0 spiro atoms. The lowest BCUT2D eigenvalue weighted by Crippen LogP contribution is -2.09. The van der Waals surface area contributed by atoms with Crippen LogP contribution in [0, 0.1) is 11.3 Å². The molecular formula is C10H10N4S. The predicted molar refractivity (Wildman–Crippen MR) is 63.1 cm³/mol. The van der Waals surface area contributed by atoms with Gasteiger partial charge in [-0.05, 0) is 6.07 Å². The van der Waals surface area contributed by atoms with Crippen LogP contribution < -0.4 is 10.6 Å². The Hall–Kier alpha value is -1.80. The lowest BCUT2D eigenvalue weighted by Gasteiger charge is -2.13. The highest BCUT2D eigenvalue weighted by atomic mass is 32.1. The van der Waals surface area contributed by atoms with Gasteiger partial charge in [-0.3, -0.25) is 0 Å². The number of hydrogen-bond acceptors (Lipinski definition) is 5. The average molecular weight is 218 g/mol. The number of thiophene rings is 1. The van der Waals surface area contributed by atoms with E-state index in [1.807, 2.05) is 25.1 Å². The molecule has 0 aliphatic rings. The van der Waals surface area contributed by atoms with Crippen LogP contribution in [0.25, 0.3) is 10.2 Å². The van der Waals surface area contributed by atoms with Crippen molar-refractivity contribution < 1.29 is 0 Å². The molecule has 0 aliphatic heterocycles. The van der Waals surface area contributed by atoms with Crippen LogP contribution in [-0.4, -0.2) is 19.1 Å². The molecule has 0 amide bonds. The van der Waals surface area contributed by atoms with Crippen LogP contribution >= 0.6 is 11.3 Å². The van der Waals surface area contributed by atoms with Crippen molar-refractivity contribution in [3.8, 4) is 6.07 Å². The molecule has 2 heterocycles. The predicted octanol–water partition coefficient (Wildman–Crippen LogP) is 1.82. The number of hydrogen-bond donors (Lipinski definition) is 1. The quantitative estimate of drug-likeness (QED) is 0.792. The first-order valence-corrected chi connectivity index (χ1v) is 5.21. The Morgan fingerprint density at radius 3 is 2.87 bits per heavy atom. The van der Waals surface area contributed by atoms with Crippen molar-refractivity contribution >= 4 is 32.2 Å². The summed E-state index contributed by atoms with van der Waals surface area (Å²) in [5, 5.41) is 10.4. The van der Waals surface area contributed by atoms with Gasteiger partial charge < -0.3 is 10.6 Å². The van der Waals surface area contributed by atoms with Crippen LogP contribution in [0.1, 0.15) is 5.56 Å². The number of anilines is 2. The van der Waals surface area contributed by atoms with E-state index in [2.05, 4.69) is 11.1 Å². The fourth-order valence-corrected chi connectivity index (χ4v) is 2.39. The van der Waals surface area contributed by atoms with Gasteiger partial charge in [0.2, 0.25) is 0 Å². The maximum Gasteiger partial charge on any atom is 0.128 e. The zero-order chi connectivity index (χ0) is 11.0. The Labute approximate surface area is 91.6 Å². The smallest absolute Gasteiger partial charge is 0.128 e. The molecule has 2 N–H and O–H groups in total. The lowest BCUT2D eigenvalue weighted by atomic mass is 10.2. The van der Waals surface area contributed by atoms with Gasteiger partial charge in [0, 0.05) is 26.0 Å². The first kappa shape index (κ1) is 9.74. The maximum atomic E-state index is 9.04. The van der Waals surface area contributed by atoms with Crippen molar-refractivity contribution in [3.05, 3.63) is 17.8 Å². The third kappa shape index (κ3) is 1.39. The van der Waals surface area contributed by atoms with Gasteiger partial charge in [-0.15, -0.1) is 0 Å². The van der Waals surface area contributed by atoms with Gasteiger partial charge in [-0.25, -0.2) is 4.98 Å². The molecule has 0 fully saturated rings. The van der Waals surface area contributed by atoms with E-state index in [0.717, 1.165) is 15.9 Å². The Bertz CT molecular complexity index is 550. The lowest BCUT2D eigenvalue weighted by molar-refractivity contribution is 1.14. The van der Waals surface area contributed by atoms with E-state index in [9.17, 15) is 0 Å². The van der Waals surface area contributed by atoms with Crippen molar-refractivity contribution in [2.45, 2.75) is 0 Å². The minimum Gasteiger partial charge on any atom is -0.389 e. The molecule has 0 saturated heterocycles. The zero-order valence-corrected chi connectivity index (χ0v) is 9.30.